The van der Waals surface area contributed by atoms with Crippen LogP contribution in [0.2, 0.25) is 5.02 Å². The Bertz CT molecular complexity index is 1430. The summed E-state index contributed by atoms with van der Waals surface area (Å²) in [6.07, 6.45) is 1.53. The van der Waals surface area contributed by atoms with Crippen molar-refractivity contribution in [1.82, 2.24) is 4.90 Å². The topological polar surface area (TPSA) is 135 Å². The summed E-state index contributed by atoms with van der Waals surface area (Å²) in [6, 6.07) is 14.3. The fraction of sp³-hybridized carbons (Fsp3) is 0.154. The highest BCUT2D eigenvalue weighted by Crippen LogP contribution is 2.35. The molecular formula is C26H21ClN2O8S. The minimum atomic E-state index is -1.18. The maximum Gasteiger partial charge on any atom is 0.371 e. The molecule has 1 saturated heterocycles. The van der Waals surface area contributed by atoms with Gasteiger partial charge in [0, 0.05) is 10.7 Å². The van der Waals surface area contributed by atoms with E-state index in [0.717, 1.165) is 16.7 Å². The molecule has 2 aromatic carbocycles. The molecule has 3 amide bonds. The summed E-state index contributed by atoms with van der Waals surface area (Å²) in [7, 11) is 0. The van der Waals surface area contributed by atoms with Crippen LogP contribution in [0.5, 0.6) is 11.5 Å². The highest BCUT2D eigenvalue weighted by molar-refractivity contribution is 8.18. The summed E-state index contributed by atoms with van der Waals surface area (Å²) in [5.74, 6) is -1.42. The van der Waals surface area contributed by atoms with Gasteiger partial charge in [0.2, 0.25) is 11.7 Å². The van der Waals surface area contributed by atoms with Crippen LogP contribution < -0.4 is 14.8 Å². The van der Waals surface area contributed by atoms with Crippen molar-refractivity contribution in [3.05, 3.63) is 81.6 Å². The number of nitrogens with zero attached hydrogens (tertiary/aromatic N) is 1. The Morgan fingerprint density at radius 3 is 2.63 bits per heavy atom. The number of furan rings is 1. The molecule has 38 heavy (non-hydrogen) atoms. The molecule has 0 saturated carbocycles. The van der Waals surface area contributed by atoms with E-state index < -0.39 is 29.6 Å². The van der Waals surface area contributed by atoms with Gasteiger partial charge < -0.3 is 24.3 Å². The minimum absolute atomic E-state index is 0.0250. The molecule has 10 nitrogen and oxygen atoms in total. The molecule has 0 unspecified atom stereocenters. The Kier molecular flexibility index (Phi) is 8.39. The molecule has 1 fully saturated rings. The lowest BCUT2D eigenvalue weighted by Gasteiger charge is -2.13. The molecule has 0 bridgehead atoms. The fourth-order valence-corrected chi connectivity index (χ4v) is 4.45. The van der Waals surface area contributed by atoms with Crippen LogP contribution in [0.4, 0.5) is 10.5 Å². The molecule has 3 aromatic rings. The average molecular weight is 557 g/mol. The van der Waals surface area contributed by atoms with Crippen molar-refractivity contribution in [3.63, 3.8) is 0 Å². The molecule has 1 aliphatic rings. The van der Waals surface area contributed by atoms with Crippen molar-refractivity contribution in [2.24, 2.45) is 0 Å². The Morgan fingerprint density at radius 2 is 1.92 bits per heavy atom. The maximum absolute atomic E-state index is 12.9. The fourth-order valence-electron chi connectivity index (χ4n) is 3.42. The zero-order chi connectivity index (χ0) is 27.2. The monoisotopic (exact) mass is 556 g/mol. The van der Waals surface area contributed by atoms with Crippen LogP contribution >= 0.6 is 23.4 Å². The van der Waals surface area contributed by atoms with Gasteiger partial charge in [-0.3, -0.25) is 19.3 Å². The second-order valence-corrected chi connectivity index (χ2v) is 9.25. The van der Waals surface area contributed by atoms with Gasteiger partial charge in [-0.15, -0.1) is 0 Å². The molecule has 2 heterocycles. The first-order chi connectivity index (χ1) is 18.2. The molecule has 0 aliphatic carbocycles. The van der Waals surface area contributed by atoms with Gasteiger partial charge in [0.05, 0.1) is 11.5 Å². The van der Waals surface area contributed by atoms with Gasteiger partial charge >= 0.3 is 5.97 Å². The van der Waals surface area contributed by atoms with Gasteiger partial charge in [0.1, 0.15) is 18.9 Å². The Morgan fingerprint density at radius 1 is 1.11 bits per heavy atom. The molecular weight excluding hydrogens is 536 g/mol. The third kappa shape index (κ3) is 6.55. The standard InChI is InChI=1S/C26H21ClN2O8S/c1-2-35-21-10-15(6-8-19(21)36-14-18-7-9-20(37-18)25(32)33)11-22-24(31)29(26(34)38-22)13-23(30)28-17-5-3-4-16(27)12-17/h3-12H,2,13-14H2,1H3,(H,28,30)(H,32,33). The largest absolute Gasteiger partial charge is 0.490 e. The van der Waals surface area contributed by atoms with Crippen molar-refractivity contribution >= 4 is 58.1 Å². The van der Waals surface area contributed by atoms with Crippen LogP contribution in [0.3, 0.4) is 0 Å². The lowest BCUT2D eigenvalue weighted by atomic mass is 10.2. The number of ether oxygens (including phenoxy) is 2. The molecule has 0 radical (unpaired) electrons. The van der Waals surface area contributed by atoms with Gasteiger partial charge in [-0.2, -0.15) is 0 Å². The normalized spacial score (nSPS) is 14.2. The lowest BCUT2D eigenvalue weighted by molar-refractivity contribution is -0.127. The van der Waals surface area contributed by atoms with Crippen LogP contribution in [-0.4, -0.2) is 46.2 Å². The van der Waals surface area contributed by atoms with E-state index in [-0.39, 0.29) is 17.3 Å². The van der Waals surface area contributed by atoms with E-state index in [1.807, 2.05) is 0 Å². The Labute approximate surface area is 226 Å². The number of carbonyl (C=O) groups excluding carboxylic acids is 3. The number of rotatable bonds is 10. The van der Waals surface area contributed by atoms with Crippen LogP contribution in [0, 0.1) is 0 Å². The molecule has 0 spiro atoms. The smallest absolute Gasteiger partial charge is 0.371 e. The van der Waals surface area contributed by atoms with Crippen LogP contribution in [0.15, 0.2) is 63.9 Å². The van der Waals surface area contributed by atoms with Crippen molar-refractivity contribution in [2.45, 2.75) is 13.5 Å². The number of aromatic carboxylic acids is 1. The van der Waals surface area contributed by atoms with E-state index in [2.05, 4.69) is 5.32 Å². The van der Waals surface area contributed by atoms with Gasteiger partial charge in [-0.25, -0.2) is 4.79 Å². The number of amides is 3. The number of thioether (sulfide) groups is 1. The first-order valence-electron chi connectivity index (χ1n) is 11.3. The van der Waals surface area contributed by atoms with E-state index in [9.17, 15) is 19.2 Å². The SMILES string of the molecule is CCOc1cc(C=C2SC(=O)N(CC(=O)Nc3cccc(Cl)c3)C2=O)ccc1OCc1ccc(C(=O)O)o1. The number of imide groups is 1. The first-order valence-corrected chi connectivity index (χ1v) is 12.5. The molecule has 12 heteroatoms. The van der Waals surface area contributed by atoms with E-state index in [4.69, 9.17) is 30.6 Å². The maximum atomic E-state index is 12.9. The molecule has 0 atom stereocenters. The molecule has 4 rings (SSSR count). The van der Waals surface area contributed by atoms with Gasteiger partial charge in [0.25, 0.3) is 11.1 Å². The van der Waals surface area contributed by atoms with Crippen molar-refractivity contribution < 1.29 is 38.2 Å². The molecule has 1 aromatic heterocycles. The summed E-state index contributed by atoms with van der Waals surface area (Å²) >= 11 is 6.65. The second kappa shape index (κ2) is 11.9. The van der Waals surface area contributed by atoms with E-state index >= 15 is 0 Å². The lowest BCUT2D eigenvalue weighted by Crippen LogP contribution is -2.36. The van der Waals surface area contributed by atoms with E-state index in [1.165, 1.54) is 18.2 Å². The number of anilines is 1. The number of hydrogen-bond donors (Lipinski definition) is 2. The zero-order valence-corrected chi connectivity index (χ0v) is 21.5. The summed E-state index contributed by atoms with van der Waals surface area (Å²) in [6.45, 7) is 1.66. The summed E-state index contributed by atoms with van der Waals surface area (Å²) in [4.78, 5) is 49.7. The van der Waals surface area contributed by atoms with E-state index in [0.29, 0.717) is 40.1 Å². The zero-order valence-electron chi connectivity index (χ0n) is 19.9. The van der Waals surface area contributed by atoms with Gasteiger partial charge in [-0.1, -0.05) is 23.7 Å². The predicted molar refractivity (Wildman–Crippen MR) is 140 cm³/mol. The number of carboxylic acids is 1. The number of carbonyl (C=O) groups is 4. The second-order valence-electron chi connectivity index (χ2n) is 7.83. The minimum Gasteiger partial charge on any atom is -0.490 e. The van der Waals surface area contributed by atoms with Crippen molar-refractivity contribution in [1.29, 1.82) is 0 Å². The quantitative estimate of drug-likeness (QED) is 0.319. The van der Waals surface area contributed by atoms with Crippen molar-refractivity contribution in [3.8, 4) is 11.5 Å². The van der Waals surface area contributed by atoms with E-state index in [1.54, 1.807) is 49.4 Å². The van der Waals surface area contributed by atoms with Crippen LogP contribution in [0.1, 0.15) is 28.8 Å². The average Bonchev–Trinajstić information content (AvgIpc) is 3.45. The number of nitrogens with one attached hydrogen (secondary N) is 1. The van der Waals surface area contributed by atoms with Crippen LogP contribution in [-0.2, 0) is 16.2 Å². The number of halogens is 1. The predicted octanol–water partition coefficient (Wildman–Crippen LogP) is 5.28. The molecule has 2 N–H and O–H groups in total. The summed E-state index contributed by atoms with van der Waals surface area (Å²) in [5, 5.41) is 11.5. The highest BCUT2D eigenvalue weighted by atomic mass is 35.5. The number of carboxylic acid groups (broad SMARTS) is 1. The molecule has 196 valence electrons. The number of hydrogen-bond acceptors (Lipinski definition) is 8. The number of benzene rings is 2. The Balaban J connectivity index is 1.44. The first kappa shape index (κ1) is 26.8. The third-order valence-electron chi connectivity index (χ3n) is 5.09. The van der Waals surface area contributed by atoms with Gasteiger partial charge in [0.15, 0.2) is 11.5 Å². The highest BCUT2D eigenvalue weighted by Gasteiger charge is 2.36. The summed E-state index contributed by atoms with van der Waals surface area (Å²) in [5.41, 5.74) is 1.02. The summed E-state index contributed by atoms with van der Waals surface area (Å²) < 4.78 is 16.6. The van der Waals surface area contributed by atoms with Gasteiger partial charge in [-0.05, 0) is 72.8 Å². The Hall–Kier alpha value is -4.22. The third-order valence-corrected chi connectivity index (χ3v) is 6.23. The van der Waals surface area contributed by atoms with Crippen LogP contribution in [0.25, 0.3) is 6.08 Å². The molecule has 1 aliphatic heterocycles. The van der Waals surface area contributed by atoms with Crippen molar-refractivity contribution in [2.75, 3.05) is 18.5 Å².